The van der Waals surface area contributed by atoms with Gasteiger partial charge in [0.1, 0.15) is 5.75 Å². The van der Waals surface area contributed by atoms with Gasteiger partial charge in [0, 0.05) is 38.2 Å². The molecule has 1 amide bonds. The fourth-order valence-electron chi connectivity index (χ4n) is 3.57. The molecule has 1 aromatic carbocycles. The SMILES string of the molecule is COc1ccc(CC(=O)NC[C@H]([C@H]2CCOC2)N2CCOCC2)cc1. The molecule has 0 radical (unpaired) electrons. The van der Waals surface area contributed by atoms with Gasteiger partial charge in [0.05, 0.1) is 33.4 Å². The summed E-state index contributed by atoms with van der Waals surface area (Å²) in [5.74, 6) is 1.35. The van der Waals surface area contributed by atoms with Crippen molar-refractivity contribution in [1.82, 2.24) is 10.2 Å². The van der Waals surface area contributed by atoms with E-state index in [1.807, 2.05) is 24.3 Å². The molecule has 0 aliphatic carbocycles. The highest BCUT2D eigenvalue weighted by Gasteiger charge is 2.31. The number of methoxy groups -OCH3 is 1. The molecule has 25 heavy (non-hydrogen) atoms. The van der Waals surface area contributed by atoms with Crippen LogP contribution in [0.1, 0.15) is 12.0 Å². The molecule has 6 nitrogen and oxygen atoms in total. The number of nitrogens with zero attached hydrogens (tertiary/aromatic N) is 1. The Hall–Kier alpha value is -1.63. The molecular weight excluding hydrogens is 320 g/mol. The predicted molar refractivity (Wildman–Crippen MR) is 94.8 cm³/mol. The molecule has 0 unspecified atom stereocenters. The van der Waals surface area contributed by atoms with Crippen LogP contribution in [-0.2, 0) is 20.7 Å². The zero-order chi connectivity index (χ0) is 17.5. The Balaban J connectivity index is 1.52. The van der Waals surface area contributed by atoms with Crippen molar-refractivity contribution in [2.45, 2.75) is 18.9 Å². The first kappa shape index (κ1) is 18.2. The summed E-state index contributed by atoms with van der Waals surface area (Å²) in [6.07, 6.45) is 1.46. The summed E-state index contributed by atoms with van der Waals surface area (Å²) < 4.78 is 16.2. The number of benzene rings is 1. The number of rotatable bonds is 7. The van der Waals surface area contributed by atoms with Crippen LogP contribution in [0.15, 0.2) is 24.3 Å². The summed E-state index contributed by atoms with van der Waals surface area (Å²) >= 11 is 0. The second-order valence-electron chi connectivity index (χ2n) is 6.67. The highest BCUT2D eigenvalue weighted by molar-refractivity contribution is 5.78. The number of amides is 1. The van der Waals surface area contributed by atoms with Crippen molar-refractivity contribution in [3.8, 4) is 5.75 Å². The smallest absolute Gasteiger partial charge is 0.224 e. The van der Waals surface area contributed by atoms with Crippen LogP contribution in [0.25, 0.3) is 0 Å². The summed E-state index contributed by atoms with van der Waals surface area (Å²) in [6, 6.07) is 7.96. The lowest BCUT2D eigenvalue weighted by Crippen LogP contribution is -2.52. The average Bonchev–Trinajstić information content (AvgIpc) is 3.18. The van der Waals surface area contributed by atoms with E-state index < -0.39 is 0 Å². The largest absolute Gasteiger partial charge is 0.497 e. The highest BCUT2D eigenvalue weighted by Crippen LogP contribution is 2.22. The van der Waals surface area contributed by atoms with E-state index >= 15 is 0 Å². The van der Waals surface area contributed by atoms with Gasteiger partial charge < -0.3 is 19.5 Å². The molecule has 2 aliphatic heterocycles. The molecule has 1 aromatic rings. The van der Waals surface area contributed by atoms with Gasteiger partial charge in [-0.1, -0.05) is 12.1 Å². The van der Waals surface area contributed by atoms with Gasteiger partial charge in [0.25, 0.3) is 0 Å². The van der Waals surface area contributed by atoms with E-state index in [0.29, 0.717) is 24.9 Å². The molecule has 2 fully saturated rings. The number of hydrogen-bond donors (Lipinski definition) is 1. The fraction of sp³-hybridized carbons (Fsp3) is 0.632. The Morgan fingerprint density at radius 2 is 2.00 bits per heavy atom. The predicted octanol–water partition coefficient (Wildman–Crippen LogP) is 1.09. The topological polar surface area (TPSA) is 60.0 Å². The monoisotopic (exact) mass is 348 g/mol. The summed E-state index contributed by atoms with van der Waals surface area (Å²) in [5.41, 5.74) is 0.991. The van der Waals surface area contributed by atoms with Gasteiger partial charge >= 0.3 is 0 Å². The lowest BCUT2D eigenvalue weighted by molar-refractivity contribution is -0.120. The molecule has 6 heteroatoms. The zero-order valence-corrected chi connectivity index (χ0v) is 14.9. The summed E-state index contributed by atoms with van der Waals surface area (Å²) in [6.45, 7) is 5.67. The minimum atomic E-state index is 0.0577. The van der Waals surface area contributed by atoms with Crippen molar-refractivity contribution < 1.29 is 19.0 Å². The number of hydrogen-bond acceptors (Lipinski definition) is 5. The number of carbonyl (C=O) groups is 1. The van der Waals surface area contributed by atoms with Crippen molar-refractivity contribution in [2.24, 2.45) is 5.92 Å². The standard InChI is InChI=1S/C19H28N2O4/c1-23-17-4-2-15(3-5-17)12-19(22)20-13-18(16-6-9-25-14-16)21-7-10-24-11-8-21/h2-5,16,18H,6-14H2,1H3,(H,20,22)/t16-,18+/m0/s1. The molecule has 138 valence electrons. The van der Waals surface area contributed by atoms with E-state index in [9.17, 15) is 4.79 Å². The van der Waals surface area contributed by atoms with E-state index in [1.165, 1.54) is 0 Å². The molecule has 0 spiro atoms. The van der Waals surface area contributed by atoms with Crippen molar-refractivity contribution in [1.29, 1.82) is 0 Å². The molecule has 1 N–H and O–H groups in total. The second kappa shape index (κ2) is 9.17. The van der Waals surface area contributed by atoms with E-state index in [0.717, 1.165) is 57.3 Å². The normalized spacial score (nSPS) is 22.5. The fourth-order valence-corrected chi connectivity index (χ4v) is 3.57. The molecule has 0 bridgehead atoms. The first-order valence-corrected chi connectivity index (χ1v) is 9.05. The summed E-state index contributed by atoms with van der Waals surface area (Å²) in [5, 5.41) is 3.13. The van der Waals surface area contributed by atoms with Crippen LogP contribution in [-0.4, -0.2) is 70.0 Å². The van der Waals surface area contributed by atoms with Crippen molar-refractivity contribution in [2.75, 3.05) is 53.2 Å². The van der Waals surface area contributed by atoms with Gasteiger partial charge in [-0.3, -0.25) is 9.69 Å². The minimum absolute atomic E-state index is 0.0577. The molecule has 2 aliphatic rings. The number of ether oxygens (including phenoxy) is 3. The second-order valence-corrected chi connectivity index (χ2v) is 6.67. The van der Waals surface area contributed by atoms with Gasteiger partial charge in [0.2, 0.25) is 5.91 Å². The molecule has 3 rings (SSSR count). The zero-order valence-electron chi connectivity index (χ0n) is 14.9. The van der Waals surface area contributed by atoms with Crippen LogP contribution in [0.2, 0.25) is 0 Å². The van der Waals surface area contributed by atoms with Crippen LogP contribution in [0.3, 0.4) is 0 Å². The third-order valence-electron chi connectivity index (χ3n) is 5.06. The highest BCUT2D eigenvalue weighted by atomic mass is 16.5. The average molecular weight is 348 g/mol. The molecular formula is C19H28N2O4. The molecule has 0 saturated carbocycles. The Morgan fingerprint density at radius 1 is 1.24 bits per heavy atom. The van der Waals surface area contributed by atoms with Crippen molar-refractivity contribution in [3.05, 3.63) is 29.8 Å². The van der Waals surface area contributed by atoms with Crippen LogP contribution in [0.4, 0.5) is 0 Å². The minimum Gasteiger partial charge on any atom is -0.497 e. The first-order valence-electron chi connectivity index (χ1n) is 9.05. The summed E-state index contributed by atoms with van der Waals surface area (Å²) in [4.78, 5) is 14.8. The number of morpholine rings is 1. The molecule has 0 aromatic heterocycles. The molecule has 2 heterocycles. The lowest BCUT2D eigenvalue weighted by atomic mass is 9.96. The van der Waals surface area contributed by atoms with Crippen molar-refractivity contribution in [3.63, 3.8) is 0 Å². The first-order chi connectivity index (χ1) is 12.3. The van der Waals surface area contributed by atoms with E-state index in [2.05, 4.69) is 10.2 Å². The van der Waals surface area contributed by atoms with Crippen LogP contribution >= 0.6 is 0 Å². The number of nitrogens with one attached hydrogen (secondary N) is 1. The number of carbonyl (C=O) groups excluding carboxylic acids is 1. The van der Waals surface area contributed by atoms with Gasteiger partial charge in [-0.05, 0) is 24.1 Å². The van der Waals surface area contributed by atoms with Crippen molar-refractivity contribution >= 4 is 5.91 Å². The lowest BCUT2D eigenvalue weighted by Gasteiger charge is -2.37. The van der Waals surface area contributed by atoms with Crippen LogP contribution < -0.4 is 10.1 Å². The molecule has 2 atom stereocenters. The van der Waals surface area contributed by atoms with E-state index in [4.69, 9.17) is 14.2 Å². The Kier molecular flexibility index (Phi) is 6.67. The maximum absolute atomic E-state index is 12.4. The van der Waals surface area contributed by atoms with E-state index in [1.54, 1.807) is 7.11 Å². The Labute approximate surface area is 149 Å². The van der Waals surface area contributed by atoms with Crippen LogP contribution in [0, 0.1) is 5.92 Å². The summed E-state index contributed by atoms with van der Waals surface area (Å²) in [7, 11) is 1.64. The Morgan fingerprint density at radius 3 is 2.64 bits per heavy atom. The van der Waals surface area contributed by atoms with Crippen LogP contribution in [0.5, 0.6) is 5.75 Å². The van der Waals surface area contributed by atoms with Gasteiger partial charge in [-0.25, -0.2) is 0 Å². The maximum atomic E-state index is 12.4. The maximum Gasteiger partial charge on any atom is 0.224 e. The third kappa shape index (κ3) is 5.17. The Bertz CT molecular complexity index is 537. The van der Waals surface area contributed by atoms with E-state index in [-0.39, 0.29) is 5.91 Å². The van der Waals surface area contributed by atoms with Gasteiger partial charge in [-0.2, -0.15) is 0 Å². The quantitative estimate of drug-likeness (QED) is 0.799. The third-order valence-corrected chi connectivity index (χ3v) is 5.06. The molecule has 2 saturated heterocycles. The van der Waals surface area contributed by atoms with Gasteiger partial charge in [0.15, 0.2) is 0 Å². The van der Waals surface area contributed by atoms with Gasteiger partial charge in [-0.15, -0.1) is 0 Å².